The second kappa shape index (κ2) is 9.72. The summed E-state index contributed by atoms with van der Waals surface area (Å²) in [6, 6.07) is 14.2. The Bertz CT molecular complexity index is 1030. The molecule has 3 N–H and O–H groups in total. The number of hydrogen-bond donors (Lipinski definition) is 2. The Hall–Kier alpha value is -2.88. The number of hydrogen-bond acceptors (Lipinski definition) is 4. The zero-order chi connectivity index (χ0) is 22.7. The zero-order valence-electron chi connectivity index (χ0n) is 17.9. The smallest absolute Gasteiger partial charge is 0.255 e. The molecule has 0 spiro atoms. The van der Waals surface area contributed by atoms with Crippen LogP contribution in [0.5, 0.6) is 0 Å². The fourth-order valence-corrected chi connectivity index (χ4v) is 4.40. The van der Waals surface area contributed by atoms with Gasteiger partial charge in [0.2, 0.25) is 5.91 Å². The zero-order valence-corrected chi connectivity index (χ0v) is 18.6. The molecular formula is C25H27ClN4O2. The van der Waals surface area contributed by atoms with Crippen molar-refractivity contribution in [1.29, 1.82) is 5.26 Å². The molecule has 2 fully saturated rings. The van der Waals surface area contributed by atoms with Crippen molar-refractivity contribution in [3.8, 4) is 6.07 Å². The lowest BCUT2D eigenvalue weighted by Gasteiger charge is -2.36. The summed E-state index contributed by atoms with van der Waals surface area (Å²) in [5.41, 5.74) is 8.46. The van der Waals surface area contributed by atoms with Gasteiger partial charge >= 0.3 is 0 Å². The second-order valence-corrected chi connectivity index (χ2v) is 9.17. The number of anilines is 1. The van der Waals surface area contributed by atoms with E-state index in [4.69, 9.17) is 22.6 Å². The van der Waals surface area contributed by atoms with Crippen molar-refractivity contribution in [3.05, 3.63) is 64.2 Å². The highest BCUT2D eigenvalue weighted by Crippen LogP contribution is 2.35. The maximum absolute atomic E-state index is 13.1. The molecule has 2 aromatic carbocycles. The first-order valence-corrected chi connectivity index (χ1v) is 11.5. The highest BCUT2D eigenvalue weighted by Gasteiger charge is 2.37. The molecule has 0 bridgehead atoms. The van der Waals surface area contributed by atoms with Crippen LogP contribution in [0, 0.1) is 17.2 Å². The van der Waals surface area contributed by atoms with Crippen molar-refractivity contribution >= 4 is 29.1 Å². The summed E-state index contributed by atoms with van der Waals surface area (Å²) < 4.78 is 0. The van der Waals surface area contributed by atoms with Crippen LogP contribution in [0.2, 0.25) is 5.02 Å². The van der Waals surface area contributed by atoms with Crippen LogP contribution in [0.3, 0.4) is 0 Å². The topological polar surface area (TPSA) is 99.2 Å². The first-order chi connectivity index (χ1) is 15.4. The van der Waals surface area contributed by atoms with Gasteiger partial charge in [-0.05, 0) is 86.6 Å². The summed E-state index contributed by atoms with van der Waals surface area (Å²) in [6.45, 7) is 0.425. The molecule has 6 nitrogen and oxygen atoms in total. The molecule has 0 saturated heterocycles. The number of carbonyl (C=O) groups is 2. The molecular weight excluding hydrogens is 424 g/mol. The van der Waals surface area contributed by atoms with Crippen molar-refractivity contribution in [1.82, 2.24) is 4.90 Å². The van der Waals surface area contributed by atoms with Gasteiger partial charge in [0.05, 0.1) is 11.6 Å². The quantitative estimate of drug-likeness (QED) is 0.678. The predicted molar refractivity (Wildman–Crippen MR) is 124 cm³/mol. The molecule has 7 heteroatoms. The monoisotopic (exact) mass is 450 g/mol. The fourth-order valence-electron chi connectivity index (χ4n) is 4.22. The van der Waals surface area contributed by atoms with E-state index in [0.29, 0.717) is 28.4 Å². The SMILES string of the molecule is N#Cc1ccc(C(=O)Nc2ccc(Cl)c(CN(C(=O)C3CC3)C3CCC(N)CC3)c2)cc1. The Kier molecular flexibility index (Phi) is 6.78. The summed E-state index contributed by atoms with van der Waals surface area (Å²) >= 11 is 6.49. The van der Waals surface area contributed by atoms with Gasteiger partial charge in [0, 0.05) is 40.8 Å². The van der Waals surface area contributed by atoms with E-state index in [0.717, 1.165) is 44.1 Å². The number of rotatable bonds is 6. The fraction of sp³-hybridized carbons (Fsp3) is 0.400. The average Bonchev–Trinajstić information content (AvgIpc) is 3.65. The van der Waals surface area contributed by atoms with Gasteiger partial charge in [0.25, 0.3) is 5.91 Å². The van der Waals surface area contributed by atoms with Crippen LogP contribution < -0.4 is 11.1 Å². The van der Waals surface area contributed by atoms with Gasteiger partial charge in [0.1, 0.15) is 0 Å². The first-order valence-electron chi connectivity index (χ1n) is 11.1. The Morgan fingerprint density at radius 3 is 2.38 bits per heavy atom. The lowest BCUT2D eigenvalue weighted by Crippen LogP contribution is -2.44. The Morgan fingerprint density at radius 1 is 1.06 bits per heavy atom. The normalized spacial score (nSPS) is 20.3. The van der Waals surface area contributed by atoms with Crippen LogP contribution in [0.25, 0.3) is 0 Å². The molecule has 0 atom stereocenters. The summed E-state index contributed by atoms with van der Waals surface area (Å²) in [4.78, 5) is 27.7. The molecule has 32 heavy (non-hydrogen) atoms. The van der Waals surface area contributed by atoms with Gasteiger partial charge in [-0.1, -0.05) is 11.6 Å². The Morgan fingerprint density at radius 2 is 1.75 bits per heavy atom. The van der Waals surface area contributed by atoms with Crippen LogP contribution in [0.4, 0.5) is 5.69 Å². The molecule has 2 aliphatic rings. The number of amides is 2. The molecule has 4 rings (SSSR count). The van der Waals surface area contributed by atoms with E-state index in [9.17, 15) is 9.59 Å². The number of benzene rings is 2. The summed E-state index contributed by atoms with van der Waals surface area (Å²) in [5.74, 6) is 0.0622. The van der Waals surface area contributed by atoms with Gasteiger partial charge in [-0.3, -0.25) is 9.59 Å². The summed E-state index contributed by atoms with van der Waals surface area (Å²) in [5, 5.41) is 12.4. The van der Waals surface area contributed by atoms with Gasteiger partial charge in [-0.15, -0.1) is 0 Å². The van der Waals surface area contributed by atoms with Crippen molar-refractivity contribution in [2.45, 2.75) is 57.2 Å². The second-order valence-electron chi connectivity index (χ2n) is 8.76. The van der Waals surface area contributed by atoms with Gasteiger partial charge < -0.3 is 16.0 Å². The van der Waals surface area contributed by atoms with Crippen LogP contribution in [-0.2, 0) is 11.3 Å². The third kappa shape index (κ3) is 5.29. The number of nitrogens with one attached hydrogen (secondary N) is 1. The minimum Gasteiger partial charge on any atom is -0.335 e. The van der Waals surface area contributed by atoms with Crippen LogP contribution >= 0.6 is 11.6 Å². The average molecular weight is 451 g/mol. The van der Waals surface area contributed by atoms with Crippen LogP contribution in [0.1, 0.15) is 60.0 Å². The molecule has 2 aliphatic carbocycles. The van der Waals surface area contributed by atoms with E-state index >= 15 is 0 Å². The third-order valence-corrected chi connectivity index (χ3v) is 6.68. The van der Waals surface area contributed by atoms with Crippen LogP contribution in [-0.4, -0.2) is 28.8 Å². The Balaban J connectivity index is 1.50. The predicted octanol–water partition coefficient (Wildman–Crippen LogP) is 4.47. The molecule has 2 amide bonds. The number of nitrogens with two attached hydrogens (primary N) is 1. The number of carbonyl (C=O) groups excluding carboxylic acids is 2. The van der Waals surface area contributed by atoms with Crippen molar-refractivity contribution in [2.75, 3.05) is 5.32 Å². The van der Waals surface area contributed by atoms with Gasteiger partial charge in [-0.25, -0.2) is 0 Å². The van der Waals surface area contributed by atoms with Gasteiger partial charge in [0.15, 0.2) is 0 Å². The van der Waals surface area contributed by atoms with Gasteiger partial charge in [-0.2, -0.15) is 5.26 Å². The largest absolute Gasteiger partial charge is 0.335 e. The molecule has 2 aromatic rings. The van der Waals surface area contributed by atoms with Crippen molar-refractivity contribution in [2.24, 2.45) is 11.7 Å². The lowest BCUT2D eigenvalue weighted by molar-refractivity contribution is -0.136. The maximum Gasteiger partial charge on any atom is 0.255 e. The van der Waals surface area contributed by atoms with E-state index in [1.807, 2.05) is 17.0 Å². The van der Waals surface area contributed by atoms with E-state index in [-0.39, 0.29) is 29.8 Å². The highest BCUT2D eigenvalue weighted by molar-refractivity contribution is 6.31. The maximum atomic E-state index is 13.1. The van der Waals surface area contributed by atoms with Crippen molar-refractivity contribution in [3.63, 3.8) is 0 Å². The molecule has 0 heterocycles. The van der Waals surface area contributed by atoms with E-state index in [1.54, 1.807) is 36.4 Å². The minimum atomic E-state index is -0.269. The first kappa shape index (κ1) is 22.3. The minimum absolute atomic E-state index is 0.128. The summed E-state index contributed by atoms with van der Waals surface area (Å²) in [7, 11) is 0. The van der Waals surface area contributed by atoms with E-state index < -0.39 is 0 Å². The number of nitriles is 1. The standard InChI is InChI=1S/C25H27ClN4O2/c26-23-12-9-21(29-24(31)17-3-1-16(14-27)2-4-17)13-19(23)15-30(25(32)18-5-6-18)22-10-7-20(28)8-11-22/h1-4,9,12-13,18,20,22H,5-8,10-11,15,28H2,(H,29,31). The molecule has 0 unspecified atom stereocenters. The molecule has 0 aromatic heterocycles. The number of nitrogens with zero attached hydrogens (tertiary/aromatic N) is 2. The Labute approximate surface area is 193 Å². The molecule has 166 valence electrons. The van der Waals surface area contributed by atoms with E-state index in [2.05, 4.69) is 5.32 Å². The third-order valence-electron chi connectivity index (χ3n) is 6.31. The molecule has 0 radical (unpaired) electrons. The molecule has 0 aliphatic heterocycles. The van der Waals surface area contributed by atoms with E-state index in [1.165, 1.54) is 0 Å². The van der Waals surface area contributed by atoms with Crippen molar-refractivity contribution < 1.29 is 9.59 Å². The highest BCUT2D eigenvalue weighted by atomic mass is 35.5. The lowest BCUT2D eigenvalue weighted by atomic mass is 9.90. The number of halogens is 1. The molecule has 2 saturated carbocycles. The summed E-state index contributed by atoms with van der Waals surface area (Å²) in [6.07, 6.45) is 5.58. The van der Waals surface area contributed by atoms with Crippen LogP contribution in [0.15, 0.2) is 42.5 Å².